The van der Waals surface area contributed by atoms with Gasteiger partial charge in [-0.25, -0.2) is 0 Å². The van der Waals surface area contributed by atoms with Crippen molar-refractivity contribution in [1.82, 2.24) is 4.90 Å². The molecule has 3 fully saturated rings. The molecule has 0 aromatic heterocycles. The van der Waals surface area contributed by atoms with E-state index in [-0.39, 0.29) is 0 Å². The largest absolute Gasteiger partial charge is 0.300 e. The van der Waals surface area contributed by atoms with Crippen LogP contribution < -0.4 is 0 Å². The molecule has 0 spiro atoms. The standard InChI is InChI=1S/C20H35N/c1-6-19-13-20(14-19,15-19)17-11-18(4,5)10-9-16(17)12-21(7-2)8-3/h6-15H2,1-5H3. The van der Waals surface area contributed by atoms with Crippen molar-refractivity contribution in [3.63, 3.8) is 0 Å². The van der Waals surface area contributed by atoms with Crippen LogP contribution in [0.4, 0.5) is 0 Å². The fourth-order valence-electron chi connectivity index (χ4n) is 5.48. The van der Waals surface area contributed by atoms with Crippen LogP contribution in [0.25, 0.3) is 0 Å². The highest BCUT2D eigenvalue weighted by Crippen LogP contribution is 2.79. The van der Waals surface area contributed by atoms with Gasteiger partial charge in [0.15, 0.2) is 0 Å². The highest BCUT2D eigenvalue weighted by Gasteiger charge is 2.68. The first-order valence-electron chi connectivity index (χ1n) is 9.31. The predicted octanol–water partition coefficient (Wildman–Crippen LogP) is 5.42. The summed E-state index contributed by atoms with van der Waals surface area (Å²) in [5.74, 6) is 0. The molecule has 4 aliphatic carbocycles. The Morgan fingerprint density at radius 1 is 1.00 bits per heavy atom. The van der Waals surface area contributed by atoms with E-state index in [4.69, 9.17) is 0 Å². The van der Waals surface area contributed by atoms with Crippen LogP contribution in [0.5, 0.6) is 0 Å². The van der Waals surface area contributed by atoms with Gasteiger partial charge in [-0.2, -0.15) is 0 Å². The summed E-state index contributed by atoms with van der Waals surface area (Å²) in [6.45, 7) is 15.6. The van der Waals surface area contributed by atoms with Crippen molar-refractivity contribution < 1.29 is 0 Å². The van der Waals surface area contributed by atoms with Gasteiger partial charge in [0.25, 0.3) is 0 Å². The lowest BCUT2D eigenvalue weighted by molar-refractivity contribution is -0.182. The first kappa shape index (κ1) is 15.6. The fourth-order valence-corrected chi connectivity index (χ4v) is 5.48. The smallest absolute Gasteiger partial charge is 0.0195 e. The molecule has 0 atom stereocenters. The zero-order valence-electron chi connectivity index (χ0n) is 15.0. The quantitative estimate of drug-likeness (QED) is 0.590. The lowest BCUT2D eigenvalue weighted by atomic mass is 9.31. The van der Waals surface area contributed by atoms with Gasteiger partial charge in [-0.3, -0.25) is 4.90 Å². The highest BCUT2D eigenvalue weighted by molar-refractivity contribution is 5.38. The van der Waals surface area contributed by atoms with Crippen molar-refractivity contribution in [2.75, 3.05) is 19.6 Å². The lowest BCUT2D eigenvalue weighted by Gasteiger charge is -2.73. The molecule has 0 unspecified atom stereocenters. The van der Waals surface area contributed by atoms with Crippen molar-refractivity contribution in [2.45, 2.75) is 79.6 Å². The number of hydrogen-bond donors (Lipinski definition) is 0. The Morgan fingerprint density at radius 3 is 2.14 bits per heavy atom. The summed E-state index contributed by atoms with van der Waals surface area (Å²) in [6.07, 6.45) is 10.1. The van der Waals surface area contributed by atoms with E-state index in [1.54, 1.807) is 0 Å². The van der Waals surface area contributed by atoms with E-state index >= 15 is 0 Å². The average molecular weight is 290 g/mol. The van der Waals surface area contributed by atoms with Crippen molar-refractivity contribution in [3.8, 4) is 0 Å². The van der Waals surface area contributed by atoms with Gasteiger partial charge in [0, 0.05) is 6.54 Å². The third-order valence-corrected chi connectivity index (χ3v) is 7.02. The minimum atomic E-state index is 0.539. The molecule has 3 saturated carbocycles. The molecule has 1 heteroatoms. The topological polar surface area (TPSA) is 3.24 Å². The van der Waals surface area contributed by atoms with Crippen molar-refractivity contribution in [1.29, 1.82) is 0 Å². The van der Waals surface area contributed by atoms with E-state index in [2.05, 4.69) is 39.5 Å². The van der Waals surface area contributed by atoms with Gasteiger partial charge in [-0.15, -0.1) is 0 Å². The van der Waals surface area contributed by atoms with Crippen LogP contribution in [0.2, 0.25) is 0 Å². The number of nitrogens with zero attached hydrogens (tertiary/aromatic N) is 1. The SMILES string of the molecule is CCN(CC)CC1=C(C23CC(CC)(C2)C3)CC(C)(C)CC1. The molecule has 120 valence electrons. The molecule has 0 aromatic carbocycles. The molecule has 0 radical (unpaired) electrons. The van der Waals surface area contributed by atoms with Crippen LogP contribution in [0, 0.1) is 16.2 Å². The zero-order valence-corrected chi connectivity index (χ0v) is 15.0. The van der Waals surface area contributed by atoms with Crippen LogP contribution in [-0.2, 0) is 0 Å². The van der Waals surface area contributed by atoms with Gasteiger partial charge in [0.05, 0.1) is 0 Å². The Labute approximate surface area is 132 Å². The van der Waals surface area contributed by atoms with Crippen molar-refractivity contribution in [2.24, 2.45) is 16.2 Å². The molecule has 1 nitrogen and oxygen atoms in total. The summed E-state index contributed by atoms with van der Waals surface area (Å²) in [5, 5.41) is 0. The maximum atomic E-state index is 2.62. The van der Waals surface area contributed by atoms with E-state index in [9.17, 15) is 0 Å². The third kappa shape index (κ3) is 2.50. The van der Waals surface area contributed by atoms with Gasteiger partial charge >= 0.3 is 0 Å². The van der Waals surface area contributed by atoms with E-state index < -0.39 is 0 Å². The number of hydrogen-bond acceptors (Lipinski definition) is 1. The van der Waals surface area contributed by atoms with E-state index in [1.807, 2.05) is 11.1 Å². The summed E-state index contributed by atoms with van der Waals surface area (Å²) >= 11 is 0. The second-order valence-electron chi connectivity index (χ2n) is 9.05. The zero-order chi connectivity index (χ0) is 15.3. The number of likely N-dealkylation sites (N-methyl/N-ethyl adjacent to an activating group) is 1. The molecule has 4 rings (SSSR count). The predicted molar refractivity (Wildman–Crippen MR) is 91.5 cm³/mol. The normalized spacial score (nSPS) is 37.4. The molecule has 0 amide bonds. The molecule has 0 saturated heterocycles. The number of rotatable bonds is 6. The van der Waals surface area contributed by atoms with Crippen LogP contribution in [0.1, 0.15) is 79.6 Å². The Balaban J connectivity index is 1.82. The third-order valence-electron chi connectivity index (χ3n) is 7.02. The molecule has 0 N–H and O–H groups in total. The van der Waals surface area contributed by atoms with Crippen LogP contribution in [0.15, 0.2) is 11.1 Å². The summed E-state index contributed by atoms with van der Waals surface area (Å²) in [5.41, 5.74) is 5.73. The number of allylic oxidation sites excluding steroid dienone is 1. The van der Waals surface area contributed by atoms with Crippen molar-refractivity contribution >= 4 is 0 Å². The monoisotopic (exact) mass is 289 g/mol. The minimum absolute atomic E-state index is 0.539. The molecule has 4 aliphatic rings. The molecular weight excluding hydrogens is 254 g/mol. The molecule has 2 bridgehead atoms. The molecular formula is C20H35N. The fraction of sp³-hybridized carbons (Fsp3) is 0.900. The second-order valence-corrected chi connectivity index (χ2v) is 9.05. The average Bonchev–Trinajstić information content (AvgIpc) is 2.35. The summed E-state index contributed by atoms with van der Waals surface area (Å²) in [7, 11) is 0. The van der Waals surface area contributed by atoms with Gasteiger partial charge < -0.3 is 0 Å². The maximum Gasteiger partial charge on any atom is 0.0195 e. The first-order valence-corrected chi connectivity index (χ1v) is 9.31. The van der Waals surface area contributed by atoms with Gasteiger partial charge in [0.1, 0.15) is 0 Å². The van der Waals surface area contributed by atoms with Crippen LogP contribution in [0.3, 0.4) is 0 Å². The van der Waals surface area contributed by atoms with E-state index in [0.29, 0.717) is 10.8 Å². The van der Waals surface area contributed by atoms with Crippen LogP contribution >= 0.6 is 0 Å². The van der Waals surface area contributed by atoms with Gasteiger partial charge in [0.2, 0.25) is 0 Å². The maximum absolute atomic E-state index is 2.62. The Bertz CT molecular complexity index is 419. The molecule has 0 heterocycles. The van der Waals surface area contributed by atoms with Crippen LogP contribution in [-0.4, -0.2) is 24.5 Å². The van der Waals surface area contributed by atoms with E-state index in [1.165, 1.54) is 64.6 Å². The lowest BCUT2D eigenvalue weighted by Crippen LogP contribution is -2.62. The van der Waals surface area contributed by atoms with E-state index in [0.717, 1.165) is 5.41 Å². The minimum Gasteiger partial charge on any atom is -0.300 e. The second kappa shape index (κ2) is 5.11. The molecule has 0 aromatic rings. The van der Waals surface area contributed by atoms with Gasteiger partial charge in [-0.05, 0) is 67.9 Å². The summed E-state index contributed by atoms with van der Waals surface area (Å²) < 4.78 is 0. The Morgan fingerprint density at radius 2 is 1.62 bits per heavy atom. The molecule has 21 heavy (non-hydrogen) atoms. The Hall–Kier alpha value is -0.300. The highest BCUT2D eigenvalue weighted by atomic mass is 15.1. The summed E-state index contributed by atoms with van der Waals surface area (Å²) in [4.78, 5) is 2.62. The summed E-state index contributed by atoms with van der Waals surface area (Å²) in [6, 6.07) is 0. The van der Waals surface area contributed by atoms with Crippen molar-refractivity contribution in [3.05, 3.63) is 11.1 Å². The Kier molecular flexibility index (Phi) is 3.80. The molecule has 0 aliphatic heterocycles. The van der Waals surface area contributed by atoms with Gasteiger partial charge in [-0.1, -0.05) is 52.2 Å². The first-order chi connectivity index (χ1) is 9.87.